The van der Waals surface area contributed by atoms with E-state index in [0.29, 0.717) is 16.6 Å². The number of carbonyl (C=O) groups excluding carboxylic acids is 1. The van der Waals surface area contributed by atoms with Crippen LogP contribution in [0.4, 0.5) is 0 Å². The van der Waals surface area contributed by atoms with Gasteiger partial charge in [-0.25, -0.2) is 0 Å². The van der Waals surface area contributed by atoms with Gasteiger partial charge < -0.3 is 4.57 Å². The van der Waals surface area contributed by atoms with Crippen LogP contribution in [-0.4, -0.2) is 10.4 Å². The number of hydrogen-bond acceptors (Lipinski definition) is 1. The van der Waals surface area contributed by atoms with E-state index in [4.69, 9.17) is 11.6 Å². The van der Waals surface area contributed by atoms with Gasteiger partial charge in [-0.05, 0) is 25.3 Å². The molecule has 0 saturated heterocycles. The van der Waals surface area contributed by atoms with Crippen molar-refractivity contribution in [2.75, 3.05) is 0 Å². The number of ketones is 1. The molecule has 0 aliphatic carbocycles. The maximum absolute atomic E-state index is 11.8. The molecule has 0 spiro atoms. The standard InChI is InChI=1S/C15H18ClNO/c1-9(2)8-17-14-10(3)6-5-7-12(14)13(11(4)18)15(17)16/h5-7,9H,8H2,1-4H3. The topological polar surface area (TPSA) is 22.0 Å². The van der Waals surface area contributed by atoms with Gasteiger partial charge in [-0.2, -0.15) is 0 Å². The maximum Gasteiger partial charge on any atom is 0.163 e. The van der Waals surface area contributed by atoms with Gasteiger partial charge in [-0.15, -0.1) is 0 Å². The maximum atomic E-state index is 11.8. The average molecular weight is 264 g/mol. The molecule has 96 valence electrons. The van der Waals surface area contributed by atoms with E-state index in [-0.39, 0.29) is 5.78 Å². The summed E-state index contributed by atoms with van der Waals surface area (Å²) >= 11 is 6.41. The smallest absolute Gasteiger partial charge is 0.163 e. The van der Waals surface area contributed by atoms with E-state index in [1.165, 1.54) is 0 Å². The van der Waals surface area contributed by atoms with Crippen molar-refractivity contribution in [2.45, 2.75) is 34.2 Å². The lowest BCUT2D eigenvalue weighted by Gasteiger charge is -2.11. The Labute approximate surface area is 113 Å². The molecule has 0 amide bonds. The molecule has 0 radical (unpaired) electrons. The molecular formula is C15H18ClNO. The Morgan fingerprint density at radius 3 is 2.61 bits per heavy atom. The molecule has 0 saturated carbocycles. The number of carbonyl (C=O) groups is 1. The zero-order chi connectivity index (χ0) is 13.4. The molecule has 18 heavy (non-hydrogen) atoms. The Morgan fingerprint density at radius 1 is 1.39 bits per heavy atom. The lowest BCUT2D eigenvalue weighted by atomic mass is 10.1. The molecular weight excluding hydrogens is 246 g/mol. The highest BCUT2D eigenvalue weighted by Gasteiger charge is 2.20. The summed E-state index contributed by atoms with van der Waals surface area (Å²) in [6.45, 7) is 8.75. The predicted octanol–water partition coefficient (Wildman–Crippen LogP) is 4.46. The van der Waals surface area contributed by atoms with Crippen LogP contribution in [0, 0.1) is 12.8 Å². The highest BCUT2D eigenvalue weighted by Crippen LogP contribution is 2.33. The first-order valence-electron chi connectivity index (χ1n) is 6.21. The Kier molecular flexibility index (Phi) is 3.49. The van der Waals surface area contributed by atoms with Crippen LogP contribution >= 0.6 is 11.6 Å². The fraction of sp³-hybridized carbons (Fsp3) is 0.400. The van der Waals surface area contributed by atoms with Crippen LogP contribution < -0.4 is 0 Å². The number of aryl methyl sites for hydroxylation is 1. The number of fused-ring (bicyclic) bond motifs is 1. The first kappa shape index (κ1) is 13.2. The number of para-hydroxylation sites is 1. The van der Waals surface area contributed by atoms with Crippen molar-refractivity contribution in [2.24, 2.45) is 5.92 Å². The fourth-order valence-electron chi connectivity index (χ4n) is 2.43. The van der Waals surface area contributed by atoms with Crippen molar-refractivity contribution in [1.29, 1.82) is 0 Å². The summed E-state index contributed by atoms with van der Waals surface area (Å²) in [5, 5.41) is 1.54. The minimum Gasteiger partial charge on any atom is -0.331 e. The highest BCUT2D eigenvalue weighted by atomic mass is 35.5. The molecule has 0 atom stereocenters. The molecule has 3 heteroatoms. The Hall–Kier alpha value is -1.28. The van der Waals surface area contributed by atoms with Crippen molar-refractivity contribution in [3.05, 3.63) is 34.5 Å². The van der Waals surface area contributed by atoms with E-state index in [0.717, 1.165) is 23.0 Å². The highest BCUT2D eigenvalue weighted by molar-refractivity contribution is 6.35. The van der Waals surface area contributed by atoms with E-state index in [1.807, 2.05) is 12.1 Å². The van der Waals surface area contributed by atoms with Crippen LogP contribution in [0.2, 0.25) is 5.15 Å². The third-order valence-electron chi connectivity index (χ3n) is 3.12. The lowest BCUT2D eigenvalue weighted by molar-refractivity contribution is 0.101. The number of benzene rings is 1. The first-order chi connectivity index (χ1) is 8.43. The van der Waals surface area contributed by atoms with Gasteiger partial charge >= 0.3 is 0 Å². The van der Waals surface area contributed by atoms with E-state index < -0.39 is 0 Å². The van der Waals surface area contributed by atoms with Crippen LogP contribution in [0.25, 0.3) is 10.9 Å². The Bertz CT molecular complexity index is 610. The van der Waals surface area contributed by atoms with Crippen LogP contribution in [0.5, 0.6) is 0 Å². The van der Waals surface area contributed by atoms with E-state index >= 15 is 0 Å². The zero-order valence-electron chi connectivity index (χ0n) is 11.2. The van der Waals surface area contributed by atoms with Crippen LogP contribution in [0.1, 0.15) is 36.7 Å². The monoisotopic (exact) mass is 263 g/mol. The molecule has 1 aromatic carbocycles. The molecule has 0 bridgehead atoms. The summed E-state index contributed by atoms with van der Waals surface area (Å²) in [6, 6.07) is 6.00. The van der Waals surface area contributed by atoms with Crippen LogP contribution in [0.15, 0.2) is 18.2 Å². The van der Waals surface area contributed by atoms with E-state index in [2.05, 4.69) is 31.4 Å². The molecule has 0 aliphatic rings. The predicted molar refractivity (Wildman–Crippen MR) is 76.5 cm³/mol. The second-order valence-electron chi connectivity index (χ2n) is 5.20. The molecule has 0 aliphatic heterocycles. The van der Waals surface area contributed by atoms with Gasteiger partial charge in [-0.3, -0.25) is 4.79 Å². The second kappa shape index (κ2) is 4.77. The number of Topliss-reactive ketones (excluding diaryl/α,β-unsaturated/α-hetero) is 1. The van der Waals surface area contributed by atoms with Gasteiger partial charge in [-0.1, -0.05) is 43.6 Å². The summed E-state index contributed by atoms with van der Waals surface area (Å²) in [7, 11) is 0. The van der Waals surface area contributed by atoms with Crippen molar-refractivity contribution in [3.63, 3.8) is 0 Å². The Morgan fingerprint density at radius 2 is 2.06 bits per heavy atom. The molecule has 2 aromatic rings. The summed E-state index contributed by atoms with van der Waals surface area (Å²) in [6.07, 6.45) is 0. The van der Waals surface area contributed by atoms with Gasteiger partial charge in [0.2, 0.25) is 0 Å². The zero-order valence-corrected chi connectivity index (χ0v) is 12.0. The molecule has 0 unspecified atom stereocenters. The third-order valence-corrected chi connectivity index (χ3v) is 3.51. The minimum atomic E-state index is 0.0260. The molecule has 2 rings (SSSR count). The molecule has 0 fully saturated rings. The van der Waals surface area contributed by atoms with Crippen molar-refractivity contribution < 1.29 is 4.79 Å². The van der Waals surface area contributed by atoms with Gasteiger partial charge in [0, 0.05) is 11.9 Å². The fourth-order valence-corrected chi connectivity index (χ4v) is 2.82. The van der Waals surface area contributed by atoms with Gasteiger partial charge in [0.05, 0.1) is 11.1 Å². The first-order valence-corrected chi connectivity index (χ1v) is 6.59. The average Bonchev–Trinajstić information content (AvgIpc) is 2.52. The largest absolute Gasteiger partial charge is 0.331 e. The van der Waals surface area contributed by atoms with Gasteiger partial charge in [0.25, 0.3) is 0 Å². The van der Waals surface area contributed by atoms with Gasteiger partial charge in [0.15, 0.2) is 5.78 Å². The lowest BCUT2D eigenvalue weighted by Crippen LogP contribution is -2.05. The summed E-state index contributed by atoms with van der Waals surface area (Å²) in [5.41, 5.74) is 2.89. The molecule has 0 N–H and O–H groups in total. The molecule has 1 heterocycles. The van der Waals surface area contributed by atoms with E-state index in [1.54, 1.807) is 6.92 Å². The summed E-state index contributed by atoms with van der Waals surface area (Å²) in [4.78, 5) is 11.8. The van der Waals surface area contributed by atoms with Crippen molar-refractivity contribution in [1.82, 2.24) is 4.57 Å². The van der Waals surface area contributed by atoms with Crippen molar-refractivity contribution in [3.8, 4) is 0 Å². The number of rotatable bonds is 3. The Balaban J connectivity index is 2.83. The molecule has 1 aromatic heterocycles. The number of halogens is 1. The number of aromatic nitrogens is 1. The van der Waals surface area contributed by atoms with E-state index in [9.17, 15) is 4.79 Å². The second-order valence-corrected chi connectivity index (χ2v) is 5.56. The SMILES string of the molecule is CC(=O)c1c(Cl)n(CC(C)C)c2c(C)cccc12. The third kappa shape index (κ3) is 2.05. The summed E-state index contributed by atoms with van der Waals surface area (Å²) < 4.78 is 2.06. The number of nitrogens with zero attached hydrogens (tertiary/aromatic N) is 1. The quantitative estimate of drug-likeness (QED) is 0.750. The van der Waals surface area contributed by atoms with Crippen molar-refractivity contribution >= 4 is 28.3 Å². The van der Waals surface area contributed by atoms with Crippen LogP contribution in [-0.2, 0) is 6.54 Å². The summed E-state index contributed by atoms with van der Waals surface area (Å²) in [5.74, 6) is 0.510. The van der Waals surface area contributed by atoms with Crippen LogP contribution in [0.3, 0.4) is 0 Å². The number of hydrogen-bond donors (Lipinski definition) is 0. The molecule has 2 nitrogen and oxygen atoms in total. The normalized spacial score (nSPS) is 11.4. The van der Waals surface area contributed by atoms with Gasteiger partial charge in [0.1, 0.15) is 5.15 Å². The minimum absolute atomic E-state index is 0.0260.